The highest BCUT2D eigenvalue weighted by atomic mass is 16.3. The van der Waals surface area contributed by atoms with Crippen LogP contribution in [0.4, 0.5) is 0 Å². The maximum Gasteiger partial charge on any atom is 0.251 e. The lowest BCUT2D eigenvalue weighted by Gasteiger charge is -2.50. The molecule has 32 heavy (non-hydrogen) atoms. The second kappa shape index (κ2) is 8.94. The van der Waals surface area contributed by atoms with Crippen LogP contribution in [0.5, 0.6) is 0 Å². The van der Waals surface area contributed by atoms with Gasteiger partial charge in [-0.05, 0) is 29.7 Å². The number of nitrogens with zero attached hydrogens (tertiary/aromatic N) is 3. The maximum atomic E-state index is 13.1. The lowest BCUT2D eigenvalue weighted by atomic mass is 9.99. The van der Waals surface area contributed by atoms with Crippen molar-refractivity contribution in [2.45, 2.75) is 24.9 Å². The number of aromatic nitrogens is 1. The summed E-state index contributed by atoms with van der Waals surface area (Å²) in [6.45, 7) is 0.995. The van der Waals surface area contributed by atoms with Gasteiger partial charge in [-0.1, -0.05) is 60.7 Å². The van der Waals surface area contributed by atoms with Crippen LogP contribution in [0.25, 0.3) is 5.70 Å². The number of amides is 1. The van der Waals surface area contributed by atoms with Crippen molar-refractivity contribution in [3.8, 4) is 0 Å². The highest BCUT2D eigenvalue weighted by molar-refractivity contribution is 5.96. The Morgan fingerprint density at radius 3 is 2.41 bits per heavy atom. The fourth-order valence-corrected chi connectivity index (χ4v) is 4.53. The predicted octanol–water partition coefficient (Wildman–Crippen LogP) is 3.32. The van der Waals surface area contributed by atoms with Crippen molar-refractivity contribution < 1.29 is 9.90 Å². The van der Waals surface area contributed by atoms with Crippen LogP contribution in [0.15, 0.2) is 91.3 Å². The van der Waals surface area contributed by atoms with Gasteiger partial charge in [0.25, 0.3) is 5.91 Å². The van der Waals surface area contributed by atoms with Gasteiger partial charge in [-0.2, -0.15) is 0 Å². The van der Waals surface area contributed by atoms with Crippen molar-refractivity contribution in [1.82, 2.24) is 20.1 Å². The second-order valence-electron chi connectivity index (χ2n) is 8.17. The predicted molar refractivity (Wildman–Crippen MR) is 123 cm³/mol. The number of hydrogen-bond acceptors (Lipinski definition) is 5. The Labute approximate surface area is 187 Å². The number of rotatable bonds is 5. The van der Waals surface area contributed by atoms with E-state index in [1.807, 2.05) is 65.6 Å². The van der Waals surface area contributed by atoms with Gasteiger partial charge in [0.15, 0.2) is 6.29 Å². The number of hydrogen-bond donors (Lipinski definition) is 2. The minimum absolute atomic E-state index is 0.0220. The number of β-amino-alcohol motifs (C(OH)–C–C–N with tert-alkyl or cyclic N) is 1. The molecule has 0 radical (unpaired) electrons. The molecule has 2 unspecified atom stereocenters. The summed E-state index contributed by atoms with van der Waals surface area (Å²) in [6.07, 6.45) is 4.90. The number of carbonyl (C=O) groups excluding carboxylic acids is 1. The summed E-state index contributed by atoms with van der Waals surface area (Å²) >= 11 is 0. The van der Waals surface area contributed by atoms with Crippen molar-refractivity contribution in [3.05, 3.63) is 108 Å². The van der Waals surface area contributed by atoms with Crippen molar-refractivity contribution >= 4 is 11.6 Å². The first-order chi connectivity index (χ1) is 15.7. The topological polar surface area (TPSA) is 68.7 Å². The van der Waals surface area contributed by atoms with Crippen molar-refractivity contribution in [2.24, 2.45) is 0 Å². The summed E-state index contributed by atoms with van der Waals surface area (Å²) in [4.78, 5) is 21.1. The Hall–Kier alpha value is -3.48. The Balaban J connectivity index is 1.51. The highest BCUT2D eigenvalue weighted by Gasteiger charge is 2.40. The molecule has 1 saturated heterocycles. The van der Waals surface area contributed by atoms with Gasteiger partial charge in [0.2, 0.25) is 0 Å². The van der Waals surface area contributed by atoms with Crippen LogP contribution in [0.2, 0.25) is 0 Å². The third-order valence-corrected chi connectivity index (χ3v) is 6.18. The quantitative estimate of drug-likeness (QED) is 0.655. The van der Waals surface area contributed by atoms with Crippen LogP contribution in [-0.2, 0) is 4.79 Å². The molecule has 2 N–H and O–H groups in total. The molecule has 0 spiro atoms. The maximum absolute atomic E-state index is 13.1. The summed E-state index contributed by atoms with van der Waals surface area (Å²) in [7, 11) is 0. The lowest BCUT2D eigenvalue weighted by Crippen LogP contribution is -2.64. The molecular weight excluding hydrogens is 400 g/mol. The van der Waals surface area contributed by atoms with Crippen LogP contribution in [0.1, 0.15) is 35.3 Å². The number of fused-ring (bicyclic) bond motifs is 1. The summed E-state index contributed by atoms with van der Waals surface area (Å²) in [5, 5.41) is 14.7. The third-order valence-electron chi connectivity index (χ3n) is 6.18. The molecule has 3 atom stereocenters. The minimum atomic E-state index is -0.699. The monoisotopic (exact) mass is 426 g/mol. The Kier molecular flexibility index (Phi) is 5.71. The van der Waals surface area contributed by atoms with E-state index in [0.29, 0.717) is 13.1 Å². The average Bonchev–Trinajstić information content (AvgIpc) is 2.87. The van der Waals surface area contributed by atoms with E-state index in [9.17, 15) is 9.90 Å². The molecule has 0 bridgehead atoms. The van der Waals surface area contributed by atoms with Crippen LogP contribution >= 0.6 is 0 Å². The van der Waals surface area contributed by atoms with Gasteiger partial charge in [0.1, 0.15) is 0 Å². The number of aliphatic hydroxyl groups excluding tert-OH is 1. The molecule has 3 heterocycles. The Morgan fingerprint density at radius 2 is 1.69 bits per heavy atom. The molecule has 6 nitrogen and oxygen atoms in total. The largest absolute Gasteiger partial charge is 0.387 e. The van der Waals surface area contributed by atoms with Gasteiger partial charge in [-0.25, -0.2) is 0 Å². The molecule has 0 saturated carbocycles. The summed E-state index contributed by atoms with van der Waals surface area (Å²) in [5.74, 6) is -0.0220. The van der Waals surface area contributed by atoms with Crippen LogP contribution in [-0.4, -0.2) is 45.2 Å². The smallest absolute Gasteiger partial charge is 0.251 e. The molecule has 2 aromatic carbocycles. The molecule has 2 aliphatic rings. The van der Waals surface area contributed by atoms with E-state index in [4.69, 9.17) is 0 Å². The van der Waals surface area contributed by atoms with E-state index in [1.54, 1.807) is 18.5 Å². The van der Waals surface area contributed by atoms with Crippen LogP contribution in [0, 0.1) is 0 Å². The molecule has 6 heteroatoms. The summed E-state index contributed by atoms with van der Waals surface area (Å²) < 4.78 is 0. The van der Waals surface area contributed by atoms with Crippen LogP contribution < -0.4 is 5.32 Å². The second-order valence-corrected chi connectivity index (χ2v) is 8.17. The van der Waals surface area contributed by atoms with E-state index in [2.05, 4.69) is 27.3 Å². The van der Waals surface area contributed by atoms with Gasteiger partial charge < -0.3 is 14.9 Å². The highest BCUT2D eigenvalue weighted by Crippen LogP contribution is 2.34. The molecule has 1 aromatic heterocycles. The standard InChI is InChI=1S/C26H26N4O2/c31-24(21-9-5-2-6-10-21)18-30-23(20-11-14-27-15-12-20)17-25(32)29-16-13-22(28-26(29)30)19-7-3-1-4-8-19/h1-12,14-15,17,22,24,26,28,31H,13,16,18H2/t22?,24-,26?/m1/s1. The SMILES string of the molecule is O=C1C=C(c2ccncc2)N(C[C@@H](O)c2ccccc2)C2NC(c3ccccc3)CCN12. The van der Waals surface area contributed by atoms with Crippen molar-refractivity contribution in [3.63, 3.8) is 0 Å². The summed E-state index contributed by atoms with van der Waals surface area (Å²) in [5.41, 5.74) is 3.73. The lowest BCUT2D eigenvalue weighted by molar-refractivity contribution is -0.138. The number of aliphatic hydroxyl groups is 1. The van der Waals surface area contributed by atoms with Crippen molar-refractivity contribution in [1.29, 1.82) is 0 Å². The van der Waals surface area contributed by atoms with E-state index in [0.717, 1.165) is 23.2 Å². The van der Waals surface area contributed by atoms with E-state index >= 15 is 0 Å². The summed E-state index contributed by atoms with van der Waals surface area (Å²) in [6, 6.07) is 23.9. The Bertz CT molecular complexity index is 1090. The zero-order valence-electron chi connectivity index (χ0n) is 17.7. The average molecular weight is 427 g/mol. The van der Waals surface area contributed by atoms with Crippen LogP contribution in [0.3, 0.4) is 0 Å². The zero-order valence-corrected chi connectivity index (χ0v) is 17.7. The molecule has 3 aromatic rings. The van der Waals surface area contributed by atoms with Gasteiger partial charge in [-0.15, -0.1) is 0 Å². The molecule has 1 amide bonds. The Morgan fingerprint density at radius 1 is 1.00 bits per heavy atom. The molecule has 162 valence electrons. The van der Waals surface area contributed by atoms with Gasteiger partial charge in [-0.3, -0.25) is 15.1 Å². The van der Waals surface area contributed by atoms with Gasteiger partial charge in [0, 0.05) is 36.6 Å². The molecule has 0 aliphatic carbocycles. The zero-order chi connectivity index (χ0) is 21.9. The first-order valence-corrected chi connectivity index (χ1v) is 10.9. The number of carbonyl (C=O) groups is 1. The first-order valence-electron chi connectivity index (χ1n) is 10.9. The third kappa shape index (κ3) is 4.02. The molecule has 5 rings (SSSR count). The molecular formula is C26H26N4O2. The van der Waals surface area contributed by atoms with Crippen molar-refractivity contribution in [2.75, 3.05) is 13.1 Å². The normalized spacial score (nSPS) is 21.7. The fourth-order valence-electron chi connectivity index (χ4n) is 4.53. The van der Waals surface area contributed by atoms with E-state index in [-0.39, 0.29) is 18.2 Å². The first kappa shape index (κ1) is 20.4. The van der Waals surface area contributed by atoms with Gasteiger partial charge in [0.05, 0.1) is 18.3 Å². The fraction of sp³-hybridized carbons (Fsp3) is 0.231. The number of benzene rings is 2. The minimum Gasteiger partial charge on any atom is -0.387 e. The molecule has 1 fully saturated rings. The number of nitrogens with one attached hydrogen (secondary N) is 1. The van der Waals surface area contributed by atoms with E-state index < -0.39 is 6.10 Å². The van der Waals surface area contributed by atoms with E-state index in [1.165, 1.54) is 5.56 Å². The molecule has 2 aliphatic heterocycles. The van der Waals surface area contributed by atoms with Gasteiger partial charge >= 0.3 is 0 Å². The number of pyridine rings is 1.